The summed E-state index contributed by atoms with van der Waals surface area (Å²) in [7, 11) is 1.59. The van der Waals surface area contributed by atoms with Crippen molar-refractivity contribution in [2.45, 2.75) is 37.7 Å². The predicted molar refractivity (Wildman–Crippen MR) is 124 cm³/mol. The first-order chi connectivity index (χ1) is 16.4. The molecule has 2 heterocycles. The van der Waals surface area contributed by atoms with Gasteiger partial charge < -0.3 is 23.0 Å². The van der Waals surface area contributed by atoms with Gasteiger partial charge in [0, 0.05) is 0 Å². The molecule has 4 rings (SSSR count). The molecule has 8 nitrogen and oxygen atoms in total. The fourth-order valence-electron chi connectivity index (χ4n) is 3.55. The molecule has 2 aromatic carbocycles. The Morgan fingerprint density at radius 3 is 2.50 bits per heavy atom. The van der Waals surface area contributed by atoms with E-state index in [9.17, 15) is 14.4 Å². The van der Waals surface area contributed by atoms with Crippen molar-refractivity contribution in [3.8, 4) is 11.5 Å². The molecule has 1 aliphatic heterocycles. The number of ketones is 1. The average Bonchev–Trinajstić information content (AvgIpc) is 3.33. The van der Waals surface area contributed by atoms with Crippen LogP contribution in [0.1, 0.15) is 35.2 Å². The molecule has 0 amide bonds. The first-order valence-electron chi connectivity index (χ1n) is 10.7. The number of aryl methyl sites for hydroxylation is 1. The van der Waals surface area contributed by atoms with E-state index in [2.05, 4.69) is 0 Å². The van der Waals surface area contributed by atoms with Crippen molar-refractivity contribution in [1.82, 2.24) is 0 Å². The average molecular weight is 485 g/mol. The van der Waals surface area contributed by atoms with E-state index in [0.717, 1.165) is 22.9 Å². The van der Waals surface area contributed by atoms with Crippen molar-refractivity contribution in [3.63, 3.8) is 0 Å². The Bertz CT molecular complexity index is 1210. The molecule has 0 aliphatic carbocycles. The zero-order chi connectivity index (χ0) is 24.1. The van der Waals surface area contributed by atoms with E-state index in [1.165, 1.54) is 0 Å². The summed E-state index contributed by atoms with van der Waals surface area (Å²) in [5, 5.41) is -0.375. The van der Waals surface area contributed by atoms with Gasteiger partial charge in [0.2, 0.25) is 0 Å². The number of hydrogen-bond acceptors (Lipinski definition) is 9. The van der Waals surface area contributed by atoms with Gasteiger partial charge >= 0.3 is 5.82 Å². The predicted octanol–water partition coefficient (Wildman–Crippen LogP) is 4.03. The third-order valence-electron chi connectivity index (χ3n) is 5.41. The van der Waals surface area contributed by atoms with E-state index in [0.29, 0.717) is 29.4 Å². The van der Waals surface area contributed by atoms with E-state index >= 15 is 0 Å². The zero-order valence-corrected chi connectivity index (χ0v) is 19.6. The van der Waals surface area contributed by atoms with Gasteiger partial charge in [0.05, 0.1) is 18.8 Å². The molecule has 0 bridgehead atoms. The molecule has 178 valence electrons. The quantitative estimate of drug-likeness (QED) is 0.394. The van der Waals surface area contributed by atoms with Crippen LogP contribution in [0.15, 0.2) is 62.2 Å². The Labute approximate surface area is 200 Å². The van der Waals surface area contributed by atoms with E-state index < -0.39 is 11.9 Å². The van der Waals surface area contributed by atoms with E-state index in [1.54, 1.807) is 14.0 Å². The maximum absolute atomic E-state index is 11.9. The van der Waals surface area contributed by atoms with Crippen molar-refractivity contribution in [2.75, 3.05) is 13.7 Å². The number of methoxy groups -OCH3 is 1. The summed E-state index contributed by atoms with van der Waals surface area (Å²) in [6, 6.07) is 14.9. The molecule has 1 fully saturated rings. The number of benzene rings is 2. The second kappa shape index (κ2) is 10.8. The first kappa shape index (κ1) is 23.8. The summed E-state index contributed by atoms with van der Waals surface area (Å²) >= 11 is 1.11. The number of thioether (sulfide) groups is 1. The molecule has 0 spiro atoms. The van der Waals surface area contributed by atoms with E-state index in [1.807, 2.05) is 48.5 Å². The largest absolute Gasteiger partial charge is 0.519 e. The molecule has 1 saturated heterocycles. The van der Waals surface area contributed by atoms with Crippen LogP contribution >= 0.6 is 11.8 Å². The van der Waals surface area contributed by atoms with Gasteiger partial charge in [-0.2, -0.15) is 0 Å². The standard InChI is InChI=1S/C25H24O8S/c1-15-21(33-25(28)32-15)13-31-22(17-4-3-5-19(11-17)29-2)14-30-18-8-6-16(7-9-18)10-23-20(26)12-24(27)34-23/h3-9,11,22-23H,10,12-14H2,1-2H3. The van der Waals surface area contributed by atoms with Crippen LogP contribution in [0.3, 0.4) is 0 Å². The molecular weight excluding hydrogens is 460 g/mol. The molecule has 0 N–H and O–H groups in total. The molecule has 2 unspecified atom stereocenters. The lowest BCUT2D eigenvalue weighted by Gasteiger charge is -2.19. The number of Topliss-reactive ketones (excluding diaryl/α,β-unsaturated/α-hetero) is 1. The van der Waals surface area contributed by atoms with Crippen LogP contribution in [0.2, 0.25) is 0 Å². The summed E-state index contributed by atoms with van der Waals surface area (Å²) in [5.74, 6) is 1.21. The van der Waals surface area contributed by atoms with Gasteiger partial charge in [0.1, 0.15) is 36.6 Å². The van der Waals surface area contributed by atoms with E-state index in [-0.39, 0.29) is 35.8 Å². The highest BCUT2D eigenvalue weighted by Gasteiger charge is 2.31. The summed E-state index contributed by atoms with van der Waals surface area (Å²) in [5.41, 5.74) is 1.79. The van der Waals surface area contributed by atoms with Gasteiger partial charge in [0.25, 0.3) is 0 Å². The van der Waals surface area contributed by atoms with Crippen molar-refractivity contribution in [2.24, 2.45) is 0 Å². The normalized spacial score (nSPS) is 16.6. The van der Waals surface area contributed by atoms with Gasteiger partial charge in [-0.1, -0.05) is 36.0 Å². The monoisotopic (exact) mass is 484 g/mol. The number of ether oxygens (including phenoxy) is 3. The lowest BCUT2D eigenvalue weighted by molar-refractivity contribution is -0.121. The van der Waals surface area contributed by atoms with Crippen LogP contribution in [0.5, 0.6) is 11.5 Å². The highest BCUT2D eigenvalue weighted by Crippen LogP contribution is 2.29. The summed E-state index contributed by atoms with van der Waals surface area (Å²) in [6.07, 6.45) is 0.0532. The van der Waals surface area contributed by atoms with Crippen LogP contribution in [-0.4, -0.2) is 29.9 Å². The Hall–Kier alpha value is -3.30. The summed E-state index contributed by atoms with van der Waals surface area (Å²) in [4.78, 5) is 34.7. The van der Waals surface area contributed by atoms with Gasteiger partial charge in [-0.25, -0.2) is 4.79 Å². The topological polar surface area (TPSA) is 105 Å². The highest BCUT2D eigenvalue weighted by molar-refractivity contribution is 8.15. The van der Waals surface area contributed by atoms with E-state index in [4.69, 9.17) is 23.0 Å². The number of carbonyl (C=O) groups excluding carboxylic acids is 2. The zero-order valence-electron chi connectivity index (χ0n) is 18.8. The molecular formula is C25H24O8S. The van der Waals surface area contributed by atoms with Crippen LogP contribution in [0.4, 0.5) is 0 Å². The SMILES string of the molecule is COc1cccc(C(COc2ccc(CC3SC(=O)CC3=O)cc2)OCc2oc(=O)oc2C)c1. The molecule has 34 heavy (non-hydrogen) atoms. The third-order valence-corrected chi connectivity index (χ3v) is 6.54. The fourth-order valence-corrected chi connectivity index (χ4v) is 4.58. The maximum Gasteiger partial charge on any atom is 0.519 e. The molecule has 1 aliphatic rings. The summed E-state index contributed by atoms with van der Waals surface area (Å²) in [6.45, 7) is 1.86. The van der Waals surface area contributed by atoms with Crippen LogP contribution in [0.25, 0.3) is 0 Å². The minimum atomic E-state index is -0.771. The first-order valence-corrected chi connectivity index (χ1v) is 11.6. The molecule has 0 radical (unpaired) electrons. The Morgan fingerprint density at radius 1 is 1.06 bits per heavy atom. The summed E-state index contributed by atoms with van der Waals surface area (Å²) < 4.78 is 27.2. The Kier molecular flexibility index (Phi) is 7.54. The van der Waals surface area contributed by atoms with Crippen LogP contribution in [0, 0.1) is 6.92 Å². The van der Waals surface area contributed by atoms with Gasteiger partial charge in [-0.15, -0.1) is 0 Å². The number of rotatable bonds is 10. The highest BCUT2D eigenvalue weighted by atomic mass is 32.2. The lowest BCUT2D eigenvalue weighted by Crippen LogP contribution is -2.15. The van der Waals surface area contributed by atoms with Crippen LogP contribution in [-0.2, 0) is 27.4 Å². The maximum atomic E-state index is 11.9. The second-order valence-electron chi connectivity index (χ2n) is 7.79. The Morgan fingerprint density at radius 2 is 1.85 bits per heavy atom. The molecule has 2 atom stereocenters. The second-order valence-corrected chi connectivity index (χ2v) is 9.05. The minimum Gasteiger partial charge on any atom is -0.497 e. The smallest absolute Gasteiger partial charge is 0.497 e. The van der Waals surface area contributed by atoms with Gasteiger partial charge in [-0.3, -0.25) is 9.59 Å². The molecule has 0 saturated carbocycles. The van der Waals surface area contributed by atoms with Crippen molar-refractivity contribution < 1.29 is 32.6 Å². The van der Waals surface area contributed by atoms with Crippen LogP contribution < -0.4 is 15.3 Å². The lowest BCUT2D eigenvalue weighted by atomic mass is 10.1. The molecule has 1 aromatic heterocycles. The number of carbonyl (C=O) groups is 2. The van der Waals surface area contributed by atoms with Gasteiger partial charge in [-0.05, 0) is 48.7 Å². The van der Waals surface area contributed by atoms with Crippen molar-refractivity contribution in [3.05, 3.63) is 81.8 Å². The fraction of sp³-hybridized carbons (Fsp3) is 0.320. The minimum absolute atomic E-state index is 0.0164. The Balaban J connectivity index is 1.42. The van der Waals surface area contributed by atoms with Crippen molar-refractivity contribution in [1.29, 1.82) is 0 Å². The third kappa shape index (κ3) is 5.98. The molecule has 9 heteroatoms. The van der Waals surface area contributed by atoms with Crippen molar-refractivity contribution >= 4 is 22.7 Å². The van der Waals surface area contributed by atoms with Gasteiger partial charge in [0.15, 0.2) is 16.7 Å². The molecule has 3 aromatic rings. The number of hydrogen-bond donors (Lipinski definition) is 0.